The van der Waals surface area contributed by atoms with Crippen LogP contribution < -0.4 is 4.90 Å². The van der Waals surface area contributed by atoms with Crippen molar-refractivity contribution >= 4 is 21.6 Å². The zero-order valence-electron chi connectivity index (χ0n) is 8.21. The molecule has 1 aromatic rings. The van der Waals surface area contributed by atoms with E-state index in [-0.39, 0.29) is 13.2 Å². The van der Waals surface area contributed by atoms with Gasteiger partial charge in [-0.25, -0.2) is 0 Å². The number of rotatable bonds is 4. The molecule has 0 spiro atoms. The fourth-order valence-corrected chi connectivity index (χ4v) is 1.75. The van der Waals surface area contributed by atoms with Gasteiger partial charge in [-0.2, -0.15) is 13.2 Å². The van der Waals surface area contributed by atoms with Crippen molar-refractivity contribution in [2.75, 3.05) is 24.6 Å². The summed E-state index contributed by atoms with van der Waals surface area (Å²) in [4.78, 5) is 4.81. The first-order chi connectivity index (χ1) is 7.44. The van der Waals surface area contributed by atoms with E-state index in [1.807, 2.05) is 0 Å². The van der Waals surface area contributed by atoms with Gasteiger partial charge in [0.15, 0.2) is 0 Å². The fourth-order valence-electron chi connectivity index (χ4n) is 1.25. The molecule has 1 rings (SSSR count). The average Bonchev–Trinajstić information content (AvgIpc) is 2.16. The topological polar surface area (TPSA) is 36.4 Å². The van der Waals surface area contributed by atoms with Crippen molar-refractivity contribution in [2.24, 2.45) is 0 Å². The maximum atomic E-state index is 12.3. The predicted octanol–water partition coefficient (Wildman–Crippen LogP) is 2.21. The molecule has 0 bridgehead atoms. The van der Waals surface area contributed by atoms with Gasteiger partial charge in [0.25, 0.3) is 0 Å². The molecule has 1 N–H and O–H groups in total. The molecule has 90 valence electrons. The molecule has 0 saturated carbocycles. The minimum atomic E-state index is -4.31. The Bertz CT molecular complexity index is 346. The van der Waals surface area contributed by atoms with Gasteiger partial charge in [0.1, 0.15) is 6.54 Å². The Morgan fingerprint density at radius 2 is 2.12 bits per heavy atom. The van der Waals surface area contributed by atoms with Crippen molar-refractivity contribution in [3.63, 3.8) is 0 Å². The van der Waals surface area contributed by atoms with Crippen molar-refractivity contribution in [1.29, 1.82) is 0 Å². The van der Waals surface area contributed by atoms with Gasteiger partial charge in [-0.05, 0) is 22.0 Å². The zero-order chi connectivity index (χ0) is 12.2. The molecule has 0 saturated heterocycles. The Hall–Kier alpha value is -0.820. The number of aliphatic hydroxyl groups is 1. The third-order valence-corrected chi connectivity index (χ3v) is 2.44. The summed E-state index contributed by atoms with van der Waals surface area (Å²) in [6.07, 6.45) is -1.49. The van der Waals surface area contributed by atoms with E-state index in [0.717, 1.165) is 4.90 Å². The van der Waals surface area contributed by atoms with Crippen LogP contribution in [0.15, 0.2) is 22.9 Å². The lowest BCUT2D eigenvalue weighted by Crippen LogP contribution is -2.36. The molecule has 0 aromatic carbocycles. The second kappa shape index (κ2) is 5.49. The Labute approximate surface area is 99.0 Å². The van der Waals surface area contributed by atoms with E-state index in [0.29, 0.717) is 10.2 Å². The van der Waals surface area contributed by atoms with Crippen LogP contribution in [0, 0.1) is 0 Å². The van der Waals surface area contributed by atoms with Gasteiger partial charge >= 0.3 is 6.18 Å². The van der Waals surface area contributed by atoms with E-state index in [1.54, 1.807) is 0 Å². The number of aliphatic hydroxyl groups excluding tert-OH is 1. The largest absolute Gasteiger partial charge is 0.405 e. The number of hydrogen-bond donors (Lipinski definition) is 1. The van der Waals surface area contributed by atoms with Crippen molar-refractivity contribution in [3.05, 3.63) is 22.9 Å². The summed E-state index contributed by atoms with van der Waals surface area (Å²) in [6.45, 7) is -1.52. The molecule has 16 heavy (non-hydrogen) atoms. The number of alkyl halides is 3. The van der Waals surface area contributed by atoms with Gasteiger partial charge in [-0.15, -0.1) is 0 Å². The van der Waals surface area contributed by atoms with Crippen LogP contribution >= 0.6 is 15.9 Å². The molecule has 0 aliphatic carbocycles. The van der Waals surface area contributed by atoms with E-state index in [1.165, 1.54) is 18.5 Å². The molecule has 0 unspecified atom stereocenters. The maximum Gasteiger partial charge on any atom is 0.405 e. The first-order valence-corrected chi connectivity index (χ1v) is 5.25. The highest BCUT2D eigenvalue weighted by atomic mass is 79.9. The molecule has 0 aliphatic rings. The second-order valence-corrected chi connectivity index (χ2v) is 3.94. The lowest BCUT2D eigenvalue weighted by atomic mass is 10.3. The summed E-state index contributed by atoms with van der Waals surface area (Å²) < 4.78 is 37.3. The van der Waals surface area contributed by atoms with Crippen LogP contribution in [-0.2, 0) is 0 Å². The number of pyridine rings is 1. The summed E-state index contributed by atoms with van der Waals surface area (Å²) in [6, 6.07) is 1.46. The molecule has 3 nitrogen and oxygen atoms in total. The van der Waals surface area contributed by atoms with Crippen molar-refractivity contribution in [1.82, 2.24) is 4.98 Å². The normalized spacial score (nSPS) is 11.6. The highest BCUT2D eigenvalue weighted by molar-refractivity contribution is 9.10. The molecular formula is C9H10BrF3N2O. The smallest absolute Gasteiger partial charge is 0.395 e. The van der Waals surface area contributed by atoms with E-state index >= 15 is 0 Å². The van der Waals surface area contributed by atoms with Crippen LogP contribution in [0.3, 0.4) is 0 Å². The van der Waals surface area contributed by atoms with Crippen LogP contribution in [0.2, 0.25) is 0 Å². The summed E-state index contributed by atoms with van der Waals surface area (Å²) in [5, 5.41) is 8.75. The quantitative estimate of drug-likeness (QED) is 0.926. The Morgan fingerprint density at radius 1 is 1.44 bits per heavy atom. The minimum Gasteiger partial charge on any atom is -0.395 e. The highest BCUT2D eigenvalue weighted by Gasteiger charge is 2.31. The highest BCUT2D eigenvalue weighted by Crippen LogP contribution is 2.27. The molecule has 7 heteroatoms. The van der Waals surface area contributed by atoms with Crippen LogP contribution in [0.5, 0.6) is 0 Å². The zero-order valence-corrected chi connectivity index (χ0v) is 9.79. The van der Waals surface area contributed by atoms with Crippen molar-refractivity contribution in [2.45, 2.75) is 6.18 Å². The van der Waals surface area contributed by atoms with Crippen LogP contribution in [0.4, 0.5) is 18.9 Å². The summed E-state index contributed by atoms with van der Waals surface area (Å²) in [5.41, 5.74) is 0.362. The maximum absolute atomic E-state index is 12.3. The molecule has 1 aromatic heterocycles. The Balaban J connectivity index is 2.89. The lowest BCUT2D eigenvalue weighted by molar-refractivity contribution is -0.119. The van der Waals surface area contributed by atoms with E-state index < -0.39 is 12.7 Å². The van der Waals surface area contributed by atoms with Gasteiger partial charge in [0.05, 0.1) is 16.8 Å². The average molecular weight is 299 g/mol. The first kappa shape index (κ1) is 13.2. The number of hydrogen-bond acceptors (Lipinski definition) is 3. The minimum absolute atomic E-state index is 0.0812. The molecule has 0 aliphatic heterocycles. The number of anilines is 1. The number of halogens is 4. The van der Waals surface area contributed by atoms with Gasteiger partial charge < -0.3 is 10.0 Å². The molecule has 0 amide bonds. The van der Waals surface area contributed by atoms with Crippen LogP contribution in [0.1, 0.15) is 0 Å². The molecule has 0 radical (unpaired) electrons. The number of nitrogens with zero attached hydrogens (tertiary/aromatic N) is 2. The Morgan fingerprint density at radius 3 is 2.62 bits per heavy atom. The second-order valence-electron chi connectivity index (χ2n) is 3.09. The van der Waals surface area contributed by atoms with Crippen LogP contribution in [0.25, 0.3) is 0 Å². The summed E-state index contributed by atoms with van der Waals surface area (Å²) >= 11 is 3.12. The van der Waals surface area contributed by atoms with Gasteiger partial charge in [-0.3, -0.25) is 4.98 Å². The lowest BCUT2D eigenvalue weighted by Gasteiger charge is -2.25. The van der Waals surface area contributed by atoms with Gasteiger partial charge in [0, 0.05) is 18.9 Å². The van der Waals surface area contributed by atoms with Crippen LogP contribution in [-0.4, -0.2) is 36.0 Å². The molecule has 0 atom stereocenters. The predicted molar refractivity (Wildman–Crippen MR) is 57.3 cm³/mol. The van der Waals surface area contributed by atoms with E-state index in [9.17, 15) is 13.2 Å². The number of aromatic nitrogens is 1. The Kier molecular flexibility index (Phi) is 4.55. The van der Waals surface area contributed by atoms with E-state index in [2.05, 4.69) is 20.9 Å². The fraction of sp³-hybridized carbons (Fsp3) is 0.444. The first-order valence-electron chi connectivity index (χ1n) is 4.46. The summed E-state index contributed by atoms with van der Waals surface area (Å²) in [7, 11) is 0. The SMILES string of the molecule is OCCN(CC(F)(F)F)c1ccncc1Br. The monoisotopic (exact) mass is 298 g/mol. The third-order valence-electron chi connectivity index (χ3n) is 1.83. The standard InChI is InChI=1S/C9H10BrF3N2O/c10-7-5-14-2-1-8(7)15(3-4-16)6-9(11,12)13/h1-2,5,16H,3-4,6H2. The molecule has 1 heterocycles. The third kappa shape index (κ3) is 3.97. The van der Waals surface area contributed by atoms with Crippen molar-refractivity contribution < 1.29 is 18.3 Å². The molecule has 0 fully saturated rings. The van der Waals surface area contributed by atoms with Gasteiger partial charge in [-0.1, -0.05) is 0 Å². The van der Waals surface area contributed by atoms with E-state index in [4.69, 9.17) is 5.11 Å². The summed E-state index contributed by atoms with van der Waals surface area (Å²) in [5.74, 6) is 0. The van der Waals surface area contributed by atoms with Crippen molar-refractivity contribution in [3.8, 4) is 0 Å². The van der Waals surface area contributed by atoms with Gasteiger partial charge in [0.2, 0.25) is 0 Å². The molecular weight excluding hydrogens is 289 g/mol.